The summed E-state index contributed by atoms with van der Waals surface area (Å²) in [5.74, 6) is -3.47. The van der Waals surface area contributed by atoms with E-state index in [1.807, 2.05) is 0 Å². The molecule has 0 radical (unpaired) electrons. The van der Waals surface area contributed by atoms with Crippen molar-refractivity contribution in [3.8, 4) is 5.75 Å². The Bertz CT molecular complexity index is 961. The van der Waals surface area contributed by atoms with E-state index in [9.17, 15) is 26.4 Å². The molecule has 1 N–H and O–H groups in total. The minimum absolute atomic E-state index is 0.00321. The van der Waals surface area contributed by atoms with Crippen LogP contribution < -0.4 is 10.1 Å². The Labute approximate surface area is 177 Å². The van der Waals surface area contributed by atoms with Gasteiger partial charge in [0.25, 0.3) is 5.91 Å². The lowest BCUT2D eigenvalue weighted by molar-refractivity contribution is -0.130. The third kappa shape index (κ3) is 6.92. The lowest BCUT2D eigenvalue weighted by Gasteiger charge is -2.13. The van der Waals surface area contributed by atoms with E-state index in [4.69, 9.17) is 4.74 Å². The fourth-order valence-electron chi connectivity index (χ4n) is 2.19. The van der Waals surface area contributed by atoms with Crippen molar-refractivity contribution in [3.05, 3.63) is 53.8 Å². The van der Waals surface area contributed by atoms with Crippen molar-refractivity contribution in [2.45, 2.75) is 9.79 Å². The topological polar surface area (TPSA) is 75.7 Å². The molecular formula is C19H21F3N2O4S2. The summed E-state index contributed by atoms with van der Waals surface area (Å²) in [7, 11) is -0.621. The summed E-state index contributed by atoms with van der Waals surface area (Å²) < 4.78 is 70.2. The minimum Gasteiger partial charge on any atom is -0.478 e. The van der Waals surface area contributed by atoms with Crippen molar-refractivity contribution >= 4 is 27.5 Å². The number of carbonyl (C=O) groups is 1. The quantitative estimate of drug-likeness (QED) is 0.333. The van der Waals surface area contributed by atoms with Crippen LogP contribution in [0, 0.1) is 17.5 Å². The van der Waals surface area contributed by atoms with Gasteiger partial charge < -0.3 is 15.0 Å². The molecule has 0 aliphatic heterocycles. The Morgan fingerprint density at radius 1 is 1.10 bits per heavy atom. The first-order valence-electron chi connectivity index (χ1n) is 8.74. The molecule has 0 bridgehead atoms. The average molecular weight is 463 g/mol. The molecule has 2 aromatic rings. The molecule has 0 unspecified atom stereocenters. The molecule has 6 nitrogen and oxygen atoms in total. The summed E-state index contributed by atoms with van der Waals surface area (Å²) in [4.78, 5) is 13.0. The largest absolute Gasteiger partial charge is 0.478 e. The number of hydrogen-bond acceptors (Lipinski definition) is 6. The molecule has 0 spiro atoms. The Hall–Kier alpha value is -2.24. The van der Waals surface area contributed by atoms with Crippen LogP contribution in [0.25, 0.3) is 0 Å². The van der Waals surface area contributed by atoms with Crippen molar-refractivity contribution in [2.75, 3.05) is 38.9 Å². The van der Waals surface area contributed by atoms with Crippen LogP contribution in [0.3, 0.4) is 0 Å². The molecule has 0 saturated heterocycles. The monoisotopic (exact) mass is 462 g/mol. The van der Waals surface area contributed by atoms with E-state index in [0.717, 1.165) is 36.0 Å². The van der Waals surface area contributed by atoms with Gasteiger partial charge in [-0.05, 0) is 36.4 Å². The average Bonchev–Trinajstić information content (AvgIpc) is 2.67. The second kappa shape index (κ2) is 10.7. The maximum atomic E-state index is 14.1. The van der Waals surface area contributed by atoms with Gasteiger partial charge in [-0.2, -0.15) is 0 Å². The number of likely N-dealkylation sites (N-methyl/N-ethyl adjacent to an activating group) is 1. The van der Waals surface area contributed by atoms with E-state index in [-0.39, 0.29) is 17.3 Å². The summed E-state index contributed by atoms with van der Waals surface area (Å²) in [6.07, 6.45) is 0. The van der Waals surface area contributed by atoms with Crippen LogP contribution in [0.1, 0.15) is 0 Å². The number of rotatable bonds is 10. The molecule has 0 aliphatic carbocycles. The molecule has 1 amide bonds. The number of hydrogen-bond donors (Lipinski definition) is 1. The molecule has 0 saturated carbocycles. The summed E-state index contributed by atoms with van der Waals surface area (Å²) in [6.45, 7) is -0.232. The Morgan fingerprint density at radius 2 is 1.70 bits per heavy atom. The number of nitrogens with zero attached hydrogens (tertiary/aromatic N) is 1. The van der Waals surface area contributed by atoms with Crippen molar-refractivity contribution in [1.82, 2.24) is 10.2 Å². The van der Waals surface area contributed by atoms with E-state index in [1.54, 1.807) is 0 Å². The first-order valence-corrected chi connectivity index (χ1v) is 11.4. The molecule has 0 aliphatic rings. The van der Waals surface area contributed by atoms with Crippen LogP contribution in [0.5, 0.6) is 5.75 Å². The summed E-state index contributed by atoms with van der Waals surface area (Å²) in [6, 6.07) is 6.66. The number of thioether (sulfide) groups is 1. The van der Waals surface area contributed by atoms with Crippen LogP contribution in [0.4, 0.5) is 13.2 Å². The van der Waals surface area contributed by atoms with Gasteiger partial charge in [-0.25, -0.2) is 21.6 Å². The first kappa shape index (κ1) is 24.0. The fourth-order valence-corrected chi connectivity index (χ4v) is 4.18. The lowest BCUT2D eigenvalue weighted by Crippen LogP contribution is -2.27. The number of halogens is 3. The Kier molecular flexibility index (Phi) is 8.56. The predicted octanol–water partition coefficient (Wildman–Crippen LogP) is 2.68. The van der Waals surface area contributed by atoms with Gasteiger partial charge in [0.2, 0.25) is 0 Å². The van der Waals surface area contributed by atoms with Crippen molar-refractivity contribution in [3.63, 3.8) is 0 Å². The van der Waals surface area contributed by atoms with E-state index in [1.165, 1.54) is 31.1 Å². The van der Waals surface area contributed by atoms with Gasteiger partial charge in [0.1, 0.15) is 11.7 Å². The highest BCUT2D eigenvalue weighted by Gasteiger charge is 2.16. The van der Waals surface area contributed by atoms with E-state index >= 15 is 0 Å². The molecule has 0 atom stereocenters. The fraction of sp³-hybridized carbons (Fsp3) is 0.316. The number of nitrogens with one attached hydrogen (secondary N) is 1. The second-order valence-corrected chi connectivity index (χ2v) is 9.51. The van der Waals surface area contributed by atoms with Gasteiger partial charge in [-0.15, -0.1) is 11.8 Å². The third-order valence-electron chi connectivity index (χ3n) is 3.82. The summed E-state index contributed by atoms with van der Waals surface area (Å²) in [5.41, 5.74) is 0. The highest BCUT2D eigenvalue weighted by molar-refractivity contribution is 7.99. The van der Waals surface area contributed by atoms with Gasteiger partial charge in [0.05, 0.1) is 4.90 Å². The third-order valence-corrected chi connectivity index (χ3v) is 6.37. The molecule has 0 heterocycles. The highest BCUT2D eigenvalue weighted by atomic mass is 32.2. The van der Waals surface area contributed by atoms with Gasteiger partial charge in [-0.3, -0.25) is 4.79 Å². The number of sulfone groups is 1. The summed E-state index contributed by atoms with van der Waals surface area (Å²) >= 11 is 1.12. The number of amides is 1. The first-order chi connectivity index (χ1) is 14.1. The normalized spacial score (nSPS) is 11.4. The maximum absolute atomic E-state index is 14.1. The lowest BCUT2D eigenvalue weighted by atomic mass is 10.3. The predicted molar refractivity (Wildman–Crippen MR) is 108 cm³/mol. The SMILES string of the molecule is CN(C)C(=O)COc1c(F)cc(SCCNCS(=O)(=O)c2ccc(F)cc2)cc1F. The maximum Gasteiger partial charge on any atom is 0.259 e. The molecule has 2 rings (SSSR count). The van der Waals surface area contributed by atoms with Crippen LogP contribution in [0.15, 0.2) is 46.2 Å². The zero-order valence-electron chi connectivity index (χ0n) is 16.3. The molecular weight excluding hydrogens is 441 g/mol. The molecule has 0 fully saturated rings. The van der Waals surface area contributed by atoms with Crippen molar-refractivity contribution in [2.24, 2.45) is 0 Å². The molecule has 164 valence electrons. The Balaban J connectivity index is 1.83. The molecule has 11 heteroatoms. The Morgan fingerprint density at radius 3 is 2.27 bits per heavy atom. The standard InChI is InChI=1S/C19H21F3N2O4S2/c1-24(2)18(25)11-28-19-16(21)9-14(10-17(19)22)29-8-7-23-12-30(26,27)15-5-3-13(20)4-6-15/h3-6,9-10,23H,7-8,11-12H2,1-2H3. The second-order valence-electron chi connectivity index (χ2n) is 6.35. The smallest absolute Gasteiger partial charge is 0.259 e. The van der Waals surface area contributed by atoms with Crippen LogP contribution in [-0.2, 0) is 14.6 Å². The van der Waals surface area contributed by atoms with E-state index in [2.05, 4.69) is 5.32 Å². The zero-order valence-corrected chi connectivity index (χ0v) is 18.0. The van der Waals surface area contributed by atoms with Crippen molar-refractivity contribution < 1.29 is 31.1 Å². The zero-order chi connectivity index (χ0) is 22.3. The molecule has 30 heavy (non-hydrogen) atoms. The molecule has 0 aromatic heterocycles. The van der Waals surface area contributed by atoms with Gasteiger partial charge in [-0.1, -0.05) is 0 Å². The van der Waals surface area contributed by atoms with E-state index in [0.29, 0.717) is 10.6 Å². The number of ether oxygens (including phenoxy) is 1. The van der Waals surface area contributed by atoms with Gasteiger partial charge in [0.15, 0.2) is 33.8 Å². The van der Waals surface area contributed by atoms with E-state index < -0.39 is 45.6 Å². The van der Waals surface area contributed by atoms with Crippen LogP contribution in [-0.4, -0.2) is 58.1 Å². The number of carbonyl (C=O) groups excluding carboxylic acids is 1. The number of benzene rings is 2. The minimum atomic E-state index is -3.62. The van der Waals surface area contributed by atoms with Gasteiger partial charge >= 0.3 is 0 Å². The van der Waals surface area contributed by atoms with Gasteiger partial charge in [0, 0.05) is 31.3 Å². The van der Waals surface area contributed by atoms with Crippen LogP contribution >= 0.6 is 11.8 Å². The highest BCUT2D eigenvalue weighted by Crippen LogP contribution is 2.28. The molecule has 2 aromatic carbocycles. The van der Waals surface area contributed by atoms with Crippen molar-refractivity contribution in [1.29, 1.82) is 0 Å². The van der Waals surface area contributed by atoms with Crippen LogP contribution in [0.2, 0.25) is 0 Å². The summed E-state index contributed by atoms with van der Waals surface area (Å²) in [5, 5.41) is 2.74.